The van der Waals surface area contributed by atoms with Gasteiger partial charge in [-0.05, 0) is 25.7 Å². The lowest BCUT2D eigenvalue weighted by molar-refractivity contribution is -0.130. The van der Waals surface area contributed by atoms with Gasteiger partial charge in [0.2, 0.25) is 0 Å². The van der Waals surface area contributed by atoms with Crippen molar-refractivity contribution in [3.05, 3.63) is 0 Å². The third-order valence-corrected chi connectivity index (χ3v) is 4.25. The Labute approximate surface area is 100 Å². The second-order valence-corrected chi connectivity index (χ2v) is 6.97. The van der Waals surface area contributed by atoms with Gasteiger partial charge in [0.05, 0.1) is 5.75 Å². The molecule has 1 aliphatic carbocycles. The first-order valence-electron chi connectivity index (χ1n) is 5.70. The minimum absolute atomic E-state index is 0.0192. The molecule has 0 radical (unpaired) electrons. The van der Waals surface area contributed by atoms with Crippen molar-refractivity contribution < 1.29 is 18.0 Å². The second-order valence-electron chi connectivity index (χ2n) is 4.71. The first kappa shape index (κ1) is 12.3. The largest absolute Gasteiger partial charge is 0.326 e. The second kappa shape index (κ2) is 4.29. The van der Waals surface area contributed by atoms with E-state index in [4.69, 9.17) is 0 Å². The SMILES string of the molecule is CS(=O)(=O)CCC1NC(=O)N(C2CCC2)C1=O. The predicted octanol–water partition coefficient (Wildman–Crippen LogP) is -0.106. The lowest BCUT2D eigenvalue weighted by atomic mass is 9.91. The minimum Gasteiger partial charge on any atom is -0.326 e. The Balaban J connectivity index is 1.98. The summed E-state index contributed by atoms with van der Waals surface area (Å²) in [6.45, 7) is 0. The number of rotatable bonds is 4. The monoisotopic (exact) mass is 260 g/mol. The van der Waals surface area contributed by atoms with E-state index in [1.54, 1.807) is 0 Å². The molecule has 1 heterocycles. The van der Waals surface area contributed by atoms with E-state index in [-0.39, 0.29) is 30.2 Å². The van der Waals surface area contributed by atoms with Crippen LogP contribution in [0.1, 0.15) is 25.7 Å². The third-order valence-electron chi connectivity index (χ3n) is 3.27. The number of imide groups is 1. The Morgan fingerprint density at radius 3 is 2.47 bits per heavy atom. The Bertz CT molecular complexity index is 441. The maximum Gasteiger partial charge on any atom is 0.325 e. The number of carbonyl (C=O) groups excluding carboxylic acids is 2. The van der Waals surface area contributed by atoms with Crippen LogP contribution in [-0.2, 0) is 14.6 Å². The van der Waals surface area contributed by atoms with Crippen LogP contribution in [0.5, 0.6) is 0 Å². The van der Waals surface area contributed by atoms with E-state index in [1.807, 2.05) is 0 Å². The average Bonchev–Trinajstić information content (AvgIpc) is 2.39. The lowest BCUT2D eigenvalue weighted by Gasteiger charge is -2.32. The van der Waals surface area contributed by atoms with Crippen LogP contribution in [-0.4, -0.2) is 49.3 Å². The molecule has 3 amide bonds. The van der Waals surface area contributed by atoms with Crippen LogP contribution in [0.25, 0.3) is 0 Å². The zero-order valence-electron chi connectivity index (χ0n) is 9.68. The van der Waals surface area contributed by atoms with Crippen molar-refractivity contribution in [2.75, 3.05) is 12.0 Å². The Hall–Kier alpha value is -1.11. The summed E-state index contributed by atoms with van der Waals surface area (Å²) in [6.07, 6.45) is 4.04. The van der Waals surface area contributed by atoms with Crippen molar-refractivity contribution in [3.8, 4) is 0 Å². The number of sulfone groups is 1. The molecule has 1 saturated heterocycles. The highest BCUT2D eigenvalue weighted by molar-refractivity contribution is 7.90. The molecule has 1 atom stereocenters. The van der Waals surface area contributed by atoms with Crippen molar-refractivity contribution >= 4 is 21.8 Å². The first-order chi connectivity index (χ1) is 7.88. The molecule has 1 aliphatic heterocycles. The van der Waals surface area contributed by atoms with Gasteiger partial charge in [0.25, 0.3) is 5.91 Å². The molecule has 0 spiro atoms. The van der Waals surface area contributed by atoms with Crippen molar-refractivity contribution in [3.63, 3.8) is 0 Å². The highest BCUT2D eigenvalue weighted by Gasteiger charge is 2.43. The fourth-order valence-electron chi connectivity index (χ4n) is 2.07. The van der Waals surface area contributed by atoms with Gasteiger partial charge in [-0.15, -0.1) is 0 Å². The molecular formula is C10H16N2O4S. The fourth-order valence-corrected chi connectivity index (χ4v) is 2.73. The number of hydrogen-bond donors (Lipinski definition) is 1. The molecule has 0 aromatic heterocycles. The molecule has 1 saturated carbocycles. The van der Waals surface area contributed by atoms with Gasteiger partial charge in [0, 0.05) is 12.3 Å². The van der Waals surface area contributed by atoms with Gasteiger partial charge in [-0.1, -0.05) is 0 Å². The Kier molecular flexibility index (Phi) is 3.11. The Morgan fingerprint density at radius 2 is 2.00 bits per heavy atom. The standard InChI is InChI=1S/C10H16N2O4S/c1-17(15,16)6-5-8-9(13)12(10(14)11-8)7-3-2-4-7/h7-8H,2-6H2,1H3,(H,11,14). The number of nitrogens with one attached hydrogen (secondary N) is 1. The average molecular weight is 260 g/mol. The maximum atomic E-state index is 11.9. The molecule has 0 bridgehead atoms. The van der Waals surface area contributed by atoms with Crippen LogP contribution >= 0.6 is 0 Å². The summed E-state index contributed by atoms with van der Waals surface area (Å²) in [5, 5.41) is 2.55. The third kappa shape index (κ3) is 2.59. The first-order valence-corrected chi connectivity index (χ1v) is 7.76. The summed E-state index contributed by atoms with van der Waals surface area (Å²) < 4.78 is 22.0. The molecule has 7 heteroatoms. The molecule has 6 nitrogen and oxygen atoms in total. The molecular weight excluding hydrogens is 244 g/mol. The zero-order valence-corrected chi connectivity index (χ0v) is 10.5. The van der Waals surface area contributed by atoms with E-state index in [1.165, 1.54) is 4.90 Å². The topological polar surface area (TPSA) is 83.6 Å². The number of urea groups is 1. The van der Waals surface area contributed by atoms with Crippen molar-refractivity contribution in [1.82, 2.24) is 10.2 Å². The summed E-state index contributed by atoms with van der Waals surface area (Å²) in [5.41, 5.74) is 0. The predicted molar refractivity (Wildman–Crippen MR) is 61.1 cm³/mol. The van der Waals surface area contributed by atoms with Crippen molar-refractivity contribution in [2.45, 2.75) is 37.8 Å². The van der Waals surface area contributed by atoms with E-state index in [2.05, 4.69) is 5.32 Å². The molecule has 2 fully saturated rings. The van der Waals surface area contributed by atoms with Crippen molar-refractivity contribution in [1.29, 1.82) is 0 Å². The van der Waals surface area contributed by atoms with Gasteiger partial charge >= 0.3 is 6.03 Å². The molecule has 2 aliphatic rings. The van der Waals surface area contributed by atoms with E-state index < -0.39 is 15.9 Å². The molecule has 2 rings (SSSR count). The summed E-state index contributed by atoms with van der Waals surface area (Å²) in [4.78, 5) is 24.8. The highest BCUT2D eigenvalue weighted by Crippen LogP contribution is 2.27. The lowest BCUT2D eigenvalue weighted by Crippen LogP contribution is -2.44. The smallest absolute Gasteiger partial charge is 0.325 e. The minimum atomic E-state index is -3.10. The number of amides is 3. The van der Waals surface area contributed by atoms with Crippen LogP contribution in [0.3, 0.4) is 0 Å². The van der Waals surface area contributed by atoms with Gasteiger partial charge in [-0.2, -0.15) is 0 Å². The molecule has 1 unspecified atom stereocenters. The van der Waals surface area contributed by atoms with E-state index in [0.717, 1.165) is 25.5 Å². The molecule has 0 aromatic carbocycles. The van der Waals surface area contributed by atoms with Crippen LogP contribution < -0.4 is 5.32 Å². The number of hydrogen-bond acceptors (Lipinski definition) is 4. The summed E-state index contributed by atoms with van der Waals surface area (Å²) in [6, 6.07) is -1.03. The normalized spacial score (nSPS) is 25.9. The quantitative estimate of drug-likeness (QED) is 0.715. The molecule has 1 N–H and O–H groups in total. The van der Waals surface area contributed by atoms with Gasteiger partial charge in [0.1, 0.15) is 15.9 Å². The highest BCUT2D eigenvalue weighted by atomic mass is 32.2. The number of nitrogens with zero attached hydrogens (tertiary/aromatic N) is 1. The molecule has 0 aromatic rings. The summed E-state index contributed by atoms with van der Waals surface area (Å²) >= 11 is 0. The van der Waals surface area contributed by atoms with Crippen molar-refractivity contribution in [2.24, 2.45) is 0 Å². The summed E-state index contributed by atoms with van der Waals surface area (Å²) in [7, 11) is -3.10. The van der Waals surface area contributed by atoms with Crippen LogP contribution in [0, 0.1) is 0 Å². The van der Waals surface area contributed by atoms with E-state index in [9.17, 15) is 18.0 Å². The molecule has 96 valence electrons. The van der Waals surface area contributed by atoms with Crippen LogP contribution in [0.15, 0.2) is 0 Å². The summed E-state index contributed by atoms with van der Waals surface area (Å²) in [5.74, 6) is -0.356. The molecule has 17 heavy (non-hydrogen) atoms. The van der Waals surface area contributed by atoms with Gasteiger partial charge in [-0.25, -0.2) is 13.2 Å². The van der Waals surface area contributed by atoms with E-state index in [0.29, 0.717) is 0 Å². The zero-order chi connectivity index (χ0) is 12.6. The van der Waals surface area contributed by atoms with Crippen LogP contribution in [0.2, 0.25) is 0 Å². The van der Waals surface area contributed by atoms with Gasteiger partial charge < -0.3 is 5.32 Å². The van der Waals surface area contributed by atoms with Gasteiger partial charge in [-0.3, -0.25) is 9.69 Å². The van der Waals surface area contributed by atoms with Gasteiger partial charge in [0.15, 0.2) is 0 Å². The fraction of sp³-hybridized carbons (Fsp3) is 0.800. The Morgan fingerprint density at radius 1 is 1.35 bits per heavy atom. The maximum absolute atomic E-state index is 11.9. The van der Waals surface area contributed by atoms with E-state index >= 15 is 0 Å². The van der Waals surface area contributed by atoms with Crippen LogP contribution in [0.4, 0.5) is 4.79 Å². The number of carbonyl (C=O) groups is 2.